The molecule has 0 bridgehead atoms. The SMILES string of the molecule is CCCn1c(=O)c2c(nc(N3CCCNCC3)n2Cc2ccccc2C#N)n(Cc2ccccc2)c1=O.N#Cc1ccccc1Cn1c(N2CCNCC2)nc2c1c(=O)[nH]c(=O)n2Cc1ccccc1. The Morgan fingerprint density at radius 3 is 1.59 bits per heavy atom. The Morgan fingerprint density at radius 1 is 0.543 bits per heavy atom. The second-order valence-electron chi connectivity index (χ2n) is 17.3. The standard InChI is InChI=1S/C28H31N7O2.C24H23N7O2/c1-2-15-33-26(36)24-25(35(28(33)37)19-21-9-4-3-5-10-21)31-27(32-16-8-13-30-14-17-32)34(24)20-23-12-7-6-11-22(23)18-29;25-14-18-8-4-5-9-19(18)16-30-20-21(27-23(30)29-12-10-26-11-13-29)31(24(33)28-22(20)32)15-17-6-2-1-3-7-17/h3-7,9-12,30H,2,8,13-17,19-20H2,1H3;1-9,26H,10-13,15-16H2,(H,28,32,33). The van der Waals surface area contributed by atoms with Crippen molar-refractivity contribution in [2.75, 3.05) is 62.2 Å². The van der Waals surface area contributed by atoms with Gasteiger partial charge in [0.05, 0.1) is 49.4 Å². The molecule has 0 amide bonds. The molecule has 18 heteroatoms. The van der Waals surface area contributed by atoms with Gasteiger partial charge in [-0.25, -0.2) is 9.59 Å². The van der Waals surface area contributed by atoms with E-state index < -0.39 is 11.2 Å². The first-order valence-electron chi connectivity index (χ1n) is 23.7. The molecule has 2 aliphatic rings. The van der Waals surface area contributed by atoms with Crippen molar-refractivity contribution in [1.29, 1.82) is 10.5 Å². The summed E-state index contributed by atoms with van der Waals surface area (Å²) in [5.41, 5.74) is 4.35. The number of benzene rings is 4. The molecule has 0 radical (unpaired) electrons. The quantitative estimate of drug-likeness (QED) is 0.160. The van der Waals surface area contributed by atoms with E-state index in [9.17, 15) is 29.7 Å². The highest BCUT2D eigenvalue weighted by Gasteiger charge is 2.27. The molecule has 18 nitrogen and oxygen atoms in total. The average Bonchev–Trinajstić information content (AvgIpc) is 3.83. The molecular formula is C52H54N14O4. The molecule has 356 valence electrons. The van der Waals surface area contributed by atoms with Crippen LogP contribution in [0.1, 0.15) is 53.1 Å². The molecule has 0 spiro atoms. The molecule has 0 saturated carbocycles. The minimum atomic E-state index is -0.495. The third-order valence-electron chi connectivity index (χ3n) is 12.7. The van der Waals surface area contributed by atoms with Crippen molar-refractivity contribution in [3.8, 4) is 12.1 Å². The molecule has 70 heavy (non-hydrogen) atoms. The van der Waals surface area contributed by atoms with Crippen molar-refractivity contribution in [3.63, 3.8) is 0 Å². The summed E-state index contributed by atoms with van der Waals surface area (Å²) in [7, 11) is 0. The number of hydrogen-bond acceptors (Lipinski definition) is 12. The molecule has 2 fully saturated rings. The van der Waals surface area contributed by atoms with Gasteiger partial charge in [-0.15, -0.1) is 0 Å². The zero-order valence-corrected chi connectivity index (χ0v) is 39.1. The number of nitrogens with one attached hydrogen (secondary N) is 3. The van der Waals surface area contributed by atoms with Gasteiger partial charge in [0.2, 0.25) is 11.9 Å². The van der Waals surface area contributed by atoms with Crippen LogP contribution in [0.4, 0.5) is 11.9 Å². The van der Waals surface area contributed by atoms with Gasteiger partial charge in [0.15, 0.2) is 22.3 Å². The van der Waals surface area contributed by atoms with Crippen molar-refractivity contribution in [1.82, 2.24) is 48.4 Å². The Kier molecular flexibility index (Phi) is 14.2. The van der Waals surface area contributed by atoms with Gasteiger partial charge < -0.3 is 20.4 Å². The molecule has 3 N–H and O–H groups in total. The van der Waals surface area contributed by atoms with Gasteiger partial charge in [-0.2, -0.15) is 20.5 Å². The number of H-pyrrole nitrogens is 1. The zero-order chi connectivity index (χ0) is 48.6. The summed E-state index contributed by atoms with van der Waals surface area (Å²) in [4.78, 5) is 69.9. The fourth-order valence-corrected chi connectivity index (χ4v) is 9.25. The number of aromatic amines is 1. The number of imidazole rings is 2. The van der Waals surface area contributed by atoms with Crippen LogP contribution in [0.3, 0.4) is 0 Å². The van der Waals surface area contributed by atoms with Gasteiger partial charge >= 0.3 is 11.4 Å². The summed E-state index contributed by atoms with van der Waals surface area (Å²) in [6.45, 7) is 9.76. The fraction of sp³-hybridized carbons (Fsp3) is 0.308. The van der Waals surface area contributed by atoms with Gasteiger partial charge in [-0.05, 0) is 53.8 Å². The maximum atomic E-state index is 13.9. The van der Waals surface area contributed by atoms with Gasteiger partial charge in [0, 0.05) is 52.4 Å². The van der Waals surface area contributed by atoms with E-state index in [0.29, 0.717) is 84.5 Å². The van der Waals surface area contributed by atoms with E-state index in [4.69, 9.17) is 9.97 Å². The number of fused-ring (bicyclic) bond motifs is 2. The summed E-state index contributed by atoms with van der Waals surface area (Å²) in [5, 5.41) is 26.0. The highest BCUT2D eigenvalue weighted by molar-refractivity contribution is 5.76. The Bertz CT molecular complexity index is 3470. The first-order chi connectivity index (χ1) is 34.3. The fourth-order valence-electron chi connectivity index (χ4n) is 9.25. The predicted octanol–water partition coefficient (Wildman–Crippen LogP) is 3.80. The maximum Gasteiger partial charge on any atom is 0.333 e. The van der Waals surface area contributed by atoms with Crippen LogP contribution in [0.5, 0.6) is 0 Å². The van der Waals surface area contributed by atoms with Crippen LogP contribution in [0.2, 0.25) is 0 Å². The van der Waals surface area contributed by atoms with Crippen LogP contribution in [-0.4, -0.2) is 90.1 Å². The van der Waals surface area contributed by atoms with Gasteiger partial charge in [-0.3, -0.25) is 37.4 Å². The van der Waals surface area contributed by atoms with E-state index in [1.807, 2.05) is 113 Å². The Morgan fingerprint density at radius 2 is 1.03 bits per heavy atom. The van der Waals surface area contributed by atoms with E-state index in [1.54, 1.807) is 16.7 Å². The molecule has 2 saturated heterocycles. The van der Waals surface area contributed by atoms with Crippen molar-refractivity contribution in [2.45, 2.75) is 52.5 Å². The molecule has 0 atom stereocenters. The number of hydrogen-bond donors (Lipinski definition) is 3. The first kappa shape index (κ1) is 46.8. The highest BCUT2D eigenvalue weighted by atomic mass is 16.2. The van der Waals surface area contributed by atoms with Crippen molar-refractivity contribution >= 4 is 34.2 Å². The van der Waals surface area contributed by atoms with E-state index in [0.717, 1.165) is 81.0 Å². The molecule has 10 rings (SSSR count). The molecule has 0 unspecified atom stereocenters. The van der Waals surface area contributed by atoms with Crippen LogP contribution in [0, 0.1) is 22.7 Å². The monoisotopic (exact) mass is 938 g/mol. The lowest BCUT2D eigenvalue weighted by molar-refractivity contribution is 0.571. The summed E-state index contributed by atoms with van der Waals surface area (Å²) in [6, 6.07) is 38.6. The largest absolute Gasteiger partial charge is 0.341 e. The highest BCUT2D eigenvalue weighted by Crippen LogP contribution is 2.26. The summed E-state index contributed by atoms with van der Waals surface area (Å²) in [5.74, 6) is 1.27. The topological polar surface area (TPSA) is 213 Å². The van der Waals surface area contributed by atoms with Crippen LogP contribution >= 0.6 is 0 Å². The van der Waals surface area contributed by atoms with Crippen LogP contribution < -0.4 is 42.9 Å². The number of nitriles is 2. The van der Waals surface area contributed by atoms with Crippen LogP contribution in [0.25, 0.3) is 22.3 Å². The molecule has 8 aromatic rings. The third-order valence-corrected chi connectivity index (χ3v) is 12.7. The molecular weight excluding hydrogens is 885 g/mol. The molecule has 0 aliphatic carbocycles. The average molecular weight is 939 g/mol. The number of aromatic nitrogens is 8. The molecule has 2 aliphatic heterocycles. The predicted molar refractivity (Wildman–Crippen MR) is 270 cm³/mol. The summed E-state index contributed by atoms with van der Waals surface area (Å²) >= 11 is 0. The van der Waals surface area contributed by atoms with E-state index in [-0.39, 0.29) is 11.2 Å². The van der Waals surface area contributed by atoms with Crippen LogP contribution in [-0.2, 0) is 32.7 Å². The Hall–Kier alpha value is -8.32. The van der Waals surface area contributed by atoms with E-state index in [1.165, 1.54) is 9.13 Å². The Labute approximate surface area is 402 Å². The normalized spacial score (nSPS) is 13.9. The molecule has 6 heterocycles. The van der Waals surface area contributed by atoms with Gasteiger partial charge in [-0.1, -0.05) is 104 Å². The smallest absolute Gasteiger partial charge is 0.333 e. The second kappa shape index (κ2) is 21.3. The van der Waals surface area contributed by atoms with Crippen molar-refractivity contribution in [3.05, 3.63) is 184 Å². The van der Waals surface area contributed by atoms with Gasteiger partial charge in [0.25, 0.3) is 11.1 Å². The zero-order valence-electron chi connectivity index (χ0n) is 39.1. The number of anilines is 2. The van der Waals surface area contributed by atoms with E-state index in [2.05, 4.69) is 37.6 Å². The molecule has 4 aromatic heterocycles. The number of rotatable bonds is 12. The summed E-state index contributed by atoms with van der Waals surface area (Å²) < 4.78 is 8.19. The Balaban J connectivity index is 0.000000175. The minimum Gasteiger partial charge on any atom is -0.341 e. The molecule has 4 aromatic carbocycles. The van der Waals surface area contributed by atoms with Crippen molar-refractivity contribution < 1.29 is 0 Å². The lowest BCUT2D eigenvalue weighted by Gasteiger charge is -2.28. The lowest BCUT2D eigenvalue weighted by Crippen LogP contribution is -2.44. The first-order valence-corrected chi connectivity index (χ1v) is 23.7. The summed E-state index contributed by atoms with van der Waals surface area (Å²) in [6.07, 6.45) is 1.59. The van der Waals surface area contributed by atoms with Crippen LogP contribution in [0.15, 0.2) is 128 Å². The third kappa shape index (κ3) is 9.68. The lowest BCUT2D eigenvalue weighted by atomic mass is 10.1. The minimum absolute atomic E-state index is 0.291. The van der Waals surface area contributed by atoms with Crippen molar-refractivity contribution in [2.24, 2.45) is 0 Å². The van der Waals surface area contributed by atoms with E-state index >= 15 is 0 Å². The number of piperazine rings is 1. The number of nitrogens with zero attached hydrogens (tertiary/aromatic N) is 11. The maximum absolute atomic E-state index is 13.9. The second-order valence-corrected chi connectivity index (χ2v) is 17.3. The van der Waals surface area contributed by atoms with Gasteiger partial charge in [0.1, 0.15) is 0 Å².